The SMILES string of the molecule is C=COCCONC(=O)c1c(Nc2ccc(I)cc2F)c2cnccc2n1CCO[Si](C(C)C)(C(C)C)C(C)C. The van der Waals surface area contributed by atoms with E-state index in [-0.39, 0.29) is 18.9 Å². The predicted molar refractivity (Wildman–Crippen MR) is 169 cm³/mol. The molecule has 0 fully saturated rings. The van der Waals surface area contributed by atoms with Gasteiger partial charge in [-0.25, -0.2) is 9.87 Å². The van der Waals surface area contributed by atoms with Gasteiger partial charge in [-0.15, -0.1) is 0 Å². The normalized spacial score (nSPS) is 12.0. The molecule has 8 nitrogen and oxygen atoms in total. The van der Waals surface area contributed by atoms with Gasteiger partial charge in [-0.05, 0) is 63.5 Å². The number of hydrogen-bond acceptors (Lipinski definition) is 6. The maximum Gasteiger partial charge on any atom is 0.293 e. The summed E-state index contributed by atoms with van der Waals surface area (Å²) >= 11 is 2.06. The number of nitrogens with zero attached hydrogens (tertiary/aromatic N) is 2. The first-order chi connectivity index (χ1) is 19.0. The molecule has 2 aromatic heterocycles. The van der Waals surface area contributed by atoms with Gasteiger partial charge < -0.3 is 19.0 Å². The number of aromatic nitrogens is 2. The van der Waals surface area contributed by atoms with Crippen molar-refractivity contribution in [2.75, 3.05) is 25.1 Å². The minimum absolute atomic E-state index is 0.127. The molecular formula is C29H40FIN4O4Si. The van der Waals surface area contributed by atoms with E-state index in [1.165, 1.54) is 12.3 Å². The number of nitrogens with one attached hydrogen (secondary N) is 2. The van der Waals surface area contributed by atoms with Crippen LogP contribution in [0.3, 0.4) is 0 Å². The van der Waals surface area contributed by atoms with E-state index in [2.05, 4.69) is 86.5 Å². The van der Waals surface area contributed by atoms with Crippen molar-refractivity contribution in [1.82, 2.24) is 15.0 Å². The molecule has 0 atom stereocenters. The van der Waals surface area contributed by atoms with Crippen LogP contribution >= 0.6 is 22.6 Å². The lowest BCUT2D eigenvalue weighted by molar-refractivity contribution is 0.0139. The van der Waals surface area contributed by atoms with Crippen molar-refractivity contribution in [2.45, 2.75) is 64.7 Å². The molecule has 0 aliphatic heterocycles. The van der Waals surface area contributed by atoms with E-state index >= 15 is 0 Å². The second-order valence-corrected chi connectivity index (χ2v) is 17.2. The first-order valence-electron chi connectivity index (χ1n) is 13.5. The molecule has 40 heavy (non-hydrogen) atoms. The van der Waals surface area contributed by atoms with Gasteiger partial charge in [-0.3, -0.25) is 14.6 Å². The van der Waals surface area contributed by atoms with Gasteiger partial charge in [0.05, 0.1) is 29.8 Å². The molecule has 0 spiro atoms. The van der Waals surface area contributed by atoms with Crippen molar-refractivity contribution >= 4 is 59.1 Å². The number of hydrogen-bond donors (Lipinski definition) is 2. The topological polar surface area (TPSA) is 86.6 Å². The highest BCUT2D eigenvalue weighted by Gasteiger charge is 2.45. The Hall–Kier alpha value is -2.48. The van der Waals surface area contributed by atoms with Gasteiger partial charge in [0, 0.05) is 27.9 Å². The van der Waals surface area contributed by atoms with Gasteiger partial charge in [0.25, 0.3) is 5.91 Å². The Morgan fingerprint density at radius 1 is 1.12 bits per heavy atom. The Bertz CT molecular complexity index is 1290. The Kier molecular flexibility index (Phi) is 11.6. The van der Waals surface area contributed by atoms with Gasteiger partial charge in [0.1, 0.15) is 24.7 Å². The molecule has 0 bridgehead atoms. The smallest absolute Gasteiger partial charge is 0.293 e. The van der Waals surface area contributed by atoms with Crippen molar-refractivity contribution in [3.8, 4) is 0 Å². The highest BCUT2D eigenvalue weighted by Crippen LogP contribution is 2.42. The van der Waals surface area contributed by atoms with Crippen molar-refractivity contribution in [3.63, 3.8) is 0 Å². The summed E-state index contributed by atoms with van der Waals surface area (Å²) in [4.78, 5) is 23.3. The number of fused-ring (bicyclic) bond motifs is 1. The van der Waals surface area contributed by atoms with Crippen LogP contribution < -0.4 is 10.8 Å². The van der Waals surface area contributed by atoms with Crippen LogP contribution in [0.2, 0.25) is 16.6 Å². The summed E-state index contributed by atoms with van der Waals surface area (Å²) in [7, 11) is -2.13. The standard InChI is InChI=1S/C29H40FIN4O4Si/c1-8-37-15-16-38-34-29(36)28-27(33-25-10-9-22(31)17-24(25)30)23-18-32-12-11-26(23)35(28)13-14-39-40(19(2)3,20(4)5)21(6)7/h8-12,17-21,33H,1,13-16H2,2-7H3,(H,34,36). The third-order valence-corrected chi connectivity index (χ3v) is 14.0. The summed E-state index contributed by atoms with van der Waals surface area (Å²) in [5.74, 6) is -0.908. The summed E-state index contributed by atoms with van der Waals surface area (Å²) in [5, 5.41) is 3.84. The van der Waals surface area contributed by atoms with Crippen LogP contribution in [0, 0.1) is 9.39 Å². The number of hydroxylamine groups is 1. The summed E-state index contributed by atoms with van der Waals surface area (Å²) in [6.45, 7) is 18.2. The maximum atomic E-state index is 14.9. The second kappa shape index (κ2) is 14.4. The zero-order chi connectivity index (χ0) is 29.4. The molecule has 0 aliphatic carbocycles. The number of anilines is 2. The highest BCUT2D eigenvalue weighted by molar-refractivity contribution is 14.1. The number of carbonyl (C=O) groups excluding carboxylic acids is 1. The summed E-state index contributed by atoms with van der Waals surface area (Å²) < 4.78 is 29.5. The number of carbonyl (C=O) groups is 1. The second-order valence-electron chi connectivity index (χ2n) is 10.5. The van der Waals surface area contributed by atoms with E-state index in [0.717, 1.165) is 9.09 Å². The van der Waals surface area contributed by atoms with Crippen LogP contribution in [0.1, 0.15) is 52.0 Å². The summed E-state index contributed by atoms with van der Waals surface area (Å²) in [6, 6.07) is 6.73. The number of pyridine rings is 1. The molecular weight excluding hydrogens is 642 g/mol. The minimum Gasteiger partial charge on any atom is -0.499 e. The first kappa shape index (κ1) is 32.0. The van der Waals surface area contributed by atoms with Crippen LogP contribution in [0.15, 0.2) is 49.5 Å². The van der Waals surface area contributed by atoms with Gasteiger partial charge in [-0.1, -0.05) is 48.1 Å². The van der Waals surface area contributed by atoms with Crippen LogP contribution in [-0.4, -0.2) is 43.6 Å². The van der Waals surface area contributed by atoms with Crippen LogP contribution in [-0.2, 0) is 20.5 Å². The Morgan fingerprint density at radius 3 is 2.45 bits per heavy atom. The number of benzene rings is 1. The van der Waals surface area contributed by atoms with Crippen LogP contribution in [0.25, 0.3) is 10.9 Å². The monoisotopic (exact) mass is 682 g/mol. The van der Waals surface area contributed by atoms with E-state index in [4.69, 9.17) is 14.0 Å². The minimum atomic E-state index is -2.13. The molecule has 0 aliphatic rings. The highest BCUT2D eigenvalue weighted by atomic mass is 127. The molecule has 0 saturated carbocycles. The molecule has 2 N–H and O–H groups in total. The number of amides is 1. The Labute approximate surface area is 250 Å². The third-order valence-electron chi connectivity index (χ3n) is 7.23. The van der Waals surface area contributed by atoms with Crippen molar-refractivity contribution in [3.05, 3.63) is 64.6 Å². The Morgan fingerprint density at radius 2 is 1.82 bits per heavy atom. The Balaban J connectivity index is 2.04. The molecule has 3 aromatic rings. The maximum absolute atomic E-state index is 14.9. The number of halogens is 2. The summed E-state index contributed by atoms with van der Waals surface area (Å²) in [5.41, 5.74) is 5.54. The molecule has 218 valence electrons. The molecule has 1 amide bonds. The van der Waals surface area contributed by atoms with Gasteiger partial charge >= 0.3 is 0 Å². The average molecular weight is 683 g/mol. The molecule has 11 heteroatoms. The van der Waals surface area contributed by atoms with E-state index in [9.17, 15) is 9.18 Å². The van der Waals surface area contributed by atoms with Crippen molar-refractivity contribution < 1.29 is 23.2 Å². The lowest BCUT2D eigenvalue weighted by Crippen LogP contribution is -2.48. The zero-order valence-corrected chi connectivity index (χ0v) is 27.2. The zero-order valence-electron chi connectivity index (χ0n) is 24.1. The van der Waals surface area contributed by atoms with E-state index < -0.39 is 20.0 Å². The molecule has 0 radical (unpaired) electrons. The average Bonchev–Trinajstić information content (AvgIpc) is 3.20. The van der Waals surface area contributed by atoms with Gasteiger partial charge in [0.2, 0.25) is 0 Å². The van der Waals surface area contributed by atoms with E-state index in [1.54, 1.807) is 24.5 Å². The van der Waals surface area contributed by atoms with Gasteiger partial charge in [-0.2, -0.15) is 0 Å². The van der Waals surface area contributed by atoms with Gasteiger partial charge in [0.15, 0.2) is 8.32 Å². The van der Waals surface area contributed by atoms with Crippen molar-refractivity contribution in [2.24, 2.45) is 0 Å². The quantitative estimate of drug-likeness (QED) is 0.0567. The fraction of sp³-hybridized carbons (Fsp3) is 0.448. The third kappa shape index (κ3) is 7.04. The lowest BCUT2D eigenvalue weighted by atomic mass is 10.2. The van der Waals surface area contributed by atoms with Crippen molar-refractivity contribution in [1.29, 1.82) is 0 Å². The molecule has 2 heterocycles. The lowest BCUT2D eigenvalue weighted by Gasteiger charge is -2.42. The fourth-order valence-electron chi connectivity index (χ4n) is 5.67. The number of ether oxygens (including phenoxy) is 1. The predicted octanol–water partition coefficient (Wildman–Crippen LogP) is 7.54. The first-order valence-corrected chi connectivity index (χ1v) is 16.7. The fourth-order valence-corrected chi connectivity index (χ4v) is 11.6. The molecule has 3 rings (SSSR count). The van der Waals surface area contributed by atoms with Crippen LogP contribution in [0.4, 0.5) is 15.8 Å². The summed E-state index contributed by atoms with van der Waals surface area (Å²) in [6.07, 6.45) is 4.65. The largest absolute Gasteiger partial charge is 0.499 e. The molecule has 0 saturated heterocycles. The number of rotatable bonds is 15. The molecule has 0 unspecified atom stereocenters. The van der Waals surface area contributed by atoms with Crippen LogP contribution in [0.5, 0.6) is 0 Å². The molecule has 1 aromatic carbocycles. The van der Waals surface area contributed by atoms with E-state index in [1.807, 2.05) is 10.6 Å². The van der Waals surface area contributed by atoms with E-state index in [0.29, 0.717) is 46.5 Å².